The van der Waals surface area contributed by atoms with Crippen LogP contribution in [0.15, 0.2) is 35.5 Å². The van der Waals surface area contributed by atoms with Gasteiger partial charge in [-0.15, -0.1) is 0 Å². The number of esters is 1. The molecular weight excluding hydrogens is 316 g/mol. The highest BCUT2D eigenvalue weighted by atomic mass is 19.3. The fraction of sp³-hybridized carbons (Fsp3) is 0.412. The first-order valence-electron chi connectivity index (χ1n) is 7.83. The molecule has 5 nitrogen and oxygen atoms in total. The summed E-state index contributed by atoms with van der Waals surface area (Å²) >= 11 is 0. The Bertz CT molecular complexity index is 644. The van der Waals surface area contributed by atoms with E-state index >= 15 is 0 Å². The zero-order chi connectivity index (χ0) is 17.5. The molecule has 0 aromatic heterocycles. The second-order valence-corrected chi connectivity index (χ2v) is 5.33. The number of carbonyl (C=O) groups excluding carboxylic acids is 1. The molecule has 0 saturated carbocycles. The normalized spacial score (nSPS) is 16.9. The average molecular weight is 337 g/mol. The summed E-state index contributed by atoms with van der Waals surface area (Å²) in [5.41, 5.74) is 1.37. The Morgan fingerprint density at radius 2 is 2.17 bits per heavy atom. The van der Waals surface area contributed by atoms with Crippen molar-refractivity contribution in [3.8, 4) is 0 Å². The molecule has 0 amide bonds. The molecule has 1 saturated heterocycles. The summed E-state index contributed by atoms with van der Waals surface area (Å²) in [6.45, 7) is 3.00. The Morgan fingerprint density at radius 1 is 1.42 bits per heavy atom. The lowest BCUT2D eigenvalue weighted by Gasteiger charge is -2.21. The van der Waals surface area contributed by atoms with Crippen molar-refractivity contribution < 1.29 is 18.3 Å². The second-order valence-electron chi connectivity index (χ2n) is 5.33. The lowest BCUT2D eigenvalue weighted by Crippen LogP contribution is -2.36. The fourth-order valence-electron chi connectivity index (χ4n) is 2.52. The van der Waals surface area contributed by atoms with E-state index in [2.05, 4.69) is 10.6 Å². The Labute approximate surface area is 139 Å². The molecule has 0 aliphatic carbocycles. The van der Waals surface area contributed by atoms with Gasteiger partial charge in [-0.05, 0) is 12.5 Å². The van der Waals surface area contributed by atoms with Crippen LogP contribution in [0.2, 0.25) is 0 Å². The SMILES string of the molecule is CCOC(=O)/C(NCc1ccccc1C(F)F)=C1\CNCCC1=N. The summed E-state index contributed by atoms with van der Waals surface area (Å²) in [5, 5.41) is 14.0. The van der Waals surface area contributed by atoms with Crippen LogP contribution in [0.25, 0.3) is 0 Å². The van der Waals surface area contributed by atoms with Gasteiger partial charge in [0.25, 0.3) is 6.43 Å². The van der Waals surface area contributed by atoms with Crippen LogP contribution in [0.3, 0.4) is 0 Å². The molecule has 24 heavy (non-hydrogen) atoms. The van der Waals surface area contributed by atoms with E-state index in [-0.39, 0.29) is 24.4 Å². The van der Waals surface area contributed by atoms with Gasteiger partial charge >= 0.3 is 5.97 Å². The highest BCUT2D eigenvalue weighted by Gasteiger charge is 2.22. The number of carbonyl (C=O) groups is 1. The summed E-state index contributed by atoms with van der Waals surface area (Å²) < 4.78 is 31.2. The van der Waals surface area contributed by atoms with Crippen molar-refractivity contribution in [1.29, 1.82) is 5.41 Å². The molecule has 0 unspecified atom stereocenters. The zero-order valence-corrected chi connectivity index (χ0v) is 13.5. The average Bonchev–Trinajstić information content (AvgIpc) is 2.57. The highest BCUT2D eigenvalue weighted by Crippen LogP contribution is 2.23. The van der Waals surface area contributed by atoms with Crippen molar-refractivity contribution in [2.24, 2.45) is 0 Å². The second kappa shape index (κ2) is 8.54. The molecule has 1 heterocycles. The van der Waals surface area contributed by atoms with Crippen molar-refractivity contribution in [3.63, 3.8) is 0 Å². The van der Waals surface area contributed by atoms with Gasteiger partial charge in [-0.3, -0.25) is 0 Å². The van der Waals surface area contributed by atoms with Crippen LogP contribution in [-0.4, -0.2) is 31.4 Å². The first kappa shape index (κ1) is 18.1. The van der Waals surface area contributed by atoms with Gasteiger partial charge in [-0.25, -0.2) is 13.6 Å². The Morgan fingerprint density at radius 3 is 2.83 bits per heavy atom. The van der Waals surface area contributed by atoms with Gasteiger partial charge in [-0.1, -0.05) is 24.3 Å². The van der Waals surface area contributed by atoms with Gasteiger partial charge in [0.15, 0.2) is 0 Å². The van der Waals surface area contributed by atoms with Crippen LogP contribution >= 0.6 is 0 Å². The first-order valence-corrected chi connectivity index (χ1v) is 7.83. The van der Waals surface area contributed by atoms with Gasteiger partial charge < -0.3 is 20.8 Å². The van der Waals surface area contributed by atoms with E-state index in [1.54, 1.807) is 25.1 Å². The summed E-state index contributed by atoms with van der Waals surface area (Å²) in [6.07, 6.45) is -2.08. The summed E-state index contributed by atoms with van der Waals surface area (Å²) in [7, 11) is 0. The lowest BCUT2D eigenvalue weighted by atomic mass is 10.0. The molecule has 1 fully saturated rings. The summed E-state index contributed by atoms with van der Waals surface area (Å²) in [6, 6.07) is 6.18. The molecule has 7 heteroatoms. The molecule has 1 aromatic carbocycles. The molecule has 1 aromatic rings. The van der Waals surface area contributed by atoms with Crippen LogP contribution < -0.4 is 10.6 Å². The highest BCUT2D eigenvalue weighted by molar-refractivity contribution is 6.05. The van der Waals surface area contributed by atoms with Crippen LogP contribution in [0, 0.1) is 5.41 Å². The lowest BCUT2D eigenvalue weighted by molar-refractivity contribution is -0.139. The van der Waals surface area contributed by atoms with E-state index < -0.39 is 12.4 Å². The number of hydrogen-bond acceptors (Lipinski definition) is 5. The molecule has 0 spiro atoms. The monoisotopic (exact) mass is 337 g/mol. The van der Waals surface area contributed by atoms with Gasteiger partial charge in [-0.2, -0.15) is 0 Å². The number of rotatable bonds is 6. The maximum Gasteiger partial charge on any atom is 0.354 e. The minimum absolute atomic E-state index is 0.0610. The van der Waals surface area contributed by atoms with Crippen molar-refractivity contribution in [3.05, 3.63) is 46.7 Å². The van der Waals surface area contributed by atoms with Crippen molar-refractivity contribution in [2.75, 3.05) is 19.7 Å². The predicted octanol–water partition coefficient (Wildman–Crippen LogP) is 2.54. The Balaban J connectivity index is 2.25. The number of hydrogen-bond donors (Lipinski definition) is 3. The van der Waals surface area contributed by atoms with E-state index in [1.165, 1.54) is 6.07 Å². The van der Waals surface area contributed by atoms with Crippen LogP contribution in [0.4, 0.5) is 8.78 Å². The van der Waals surface area contributed by atoms with E-state index in [1.807, 2.05) is 0 Å². The van der Waals surface area contributed by atoms with E-state index in [0.717, 1.165) is 0 Å². The minimum Gasteiger partial charge on any atom is -0.461 e. The summed E-state index contributed by atoms with van der Waals surface area (Å²) in [5.74, 6) is -0.574. The van der Waals surface area contributed by atoms with E-state index in [9.17, 15) is 13.6 Å². The quantitative estimate of drug-likeness (QED) is 0.551. The predicted molar refractivity (Wildman–Crippen MR) is 87.1 cm³/mol. The molecule has 3 N–H and O–H groups in total. The number of ether oxygens (including phenoxy) is 1. The summed E-state index contributed by atoms with van der Waals surface area (Å²) in [4.78, 5) is 12.2. The number of benzene rings is 1. The van der Waals surface area contributed by atoms with Gasteiger partial charge in [0.1, 0.15) is 5.70 Å². The molecule has 0 bridgehead atoms. The van der Waals surface area contributed by atoms with Gasteiger partial charge in [0, 0.05) is 42.9 Å². The third-order valence-corrected chi connectivity index (χ3v) is 3.74. The first-order chi connectivity index (χ1) is 11.5. The van der Waals surface area contributed by atoms with Crippen LogP contribution in [0.5, 0.6) is 0 Å². The van der Waals surface area contributed by atoms with E-state index in [4.69, 9.17) is 10.1 Å². The van der Waals surface area contributed by atoms with Gasteiger partial charge in [0.2, 0.25) is 0 Å². The van der Waals surface area contributed by atoms with Crippen LogP contribution in [0.1, 0.15) is 30.9 Å². The Kier molecular flexibility index (Phi) is 6.43. The topological polar surface area (TPSA) is 74.2 Å². The Hall–Kier alpha value is -2.28. The van der Waals surface area contributed by atoms with Crippen molar-refractivity contribution in [2.45, 2.75) is 26.3 Å². The molecule has 0 radical (unpaired) electrons. The van der Waals surface area contributed by atoms with Gasteiger partial charge in [0.05, 0.1) is 6.61 Å². The van der Waals surface area contributed by atoms with Crippen molar-refractivity contribution in [1.82, 2.24) is 10.6 Å². The molecule has 0 atom stereocenters. The number of nitrogens with one attached hydrogen (secondary N) is 3. The molecule has 1 aliphatic rings. The third-order valence-electron chi connectivity index (χ3n) is 3.74. The molecule has 2 rings (SSSR count). The fourth-order valence-corrected chi connectivity index (χ4v) is 2.52. The molecule has 1 aliphatic heterocycles. The van der Waals surface area contributed by atoms with Crippen molar-refractivity contribution >= 4 is 11.7 Å². The molecule has 130 valence electrons. The van der Waals surface area contributed by atoms with Crippen LogP contribution in [-0.2, 0) is 16.1 Å². The molecular formula is C17H21F2N3O2. The number of halogens is 2. The standard InChI is InChI=1S/C17H21F2N3O2/c1-2-24-17(23)15(13-10-21-8-7-14(13)20)22-9-11-5-3-4-6-12(11)16(18)19/h3-6,16,20-22H,2,7-10H2,1H3/b15-13-,20-14?. The van der Waals surface area contributed by atoms with E-state index in [0.29, 0.717) is 36.4 Å². The number of alkyl halides is 2. The zero-order valence-electron chi connectivity index (χ0n) is 13.5. The largest absolute Gasteiger partial charge is 0.461 e. The maximum absolute atomic E-state index is 13.1. The maximum atomic E-state index is 13.1. The smallest absolute Gasteiger partial charge is 0.354 e. The minimum atomic E-state index is -2.59. The number of piperidine rings is 1. The third kappa shape index (κ3) is 4.38.